The zero-order chi connectivity index (χ0) is 27.6. The number of H-pyrrole nitrogens is 1. The third kappa shape index (κ3) is 5.69. The number of halogens is 3. The molecule has 2 aromatic carbocycles. The Bertz CT molecular complexity index is 1570. The van der Waals surface area contributed by atoms with Crippen molar-refractivity contribution in [2.75, 3.05) is 10.0 Å². The molecule has 0 saturated heterocycles. The van der Waals surface area contributed by atoms with Crippen LogP contribution in [0.1, 0.15) is 28.9 Å². The lowest BCUT2D eigenvalue weighted by Gasteiger charge is -2.19. The Labute approximate surface area is 214 Å². The van der Waals surface area contributed by atoms with E-state index < -0.39 is 33.6 Å². The van der Waals surface area contributed by atoms with Gasteiger partial charge in [-0.25, -0.2) is 17.8 Å². The molecule has 2 heterocycles. The van der Waals surface area contributed by atoms with Gasteiger partial charge in [0.1, 0.15) is 29.6 Å². The highest BCUT2D eigenvalue weighted by atomic mass is 32.2. The molecular weight excluding hydrogens is 529 g/mol. The zero-order valence-corrected chi connectivity index (χ0v) is 20.6. The topological polar surface area (TPSA) is 170 Å². The maximum atomic E-state index is 13.3. The minimum absolute atomic E-state index is 0.0170. The number of carbonyl (C=O) groups is 1. The third-order valence-electron chi connectivity index (χ3n) is 5.24. The van der Waals surface area contributed by atoms with Crippen LogP contribution in [0.25, 0.3) is 11.3 Å². The van der Waals surface area contributed by atoms with E-state index in [1.807, 2.05) is 0 Å². The maximum absolute atomic E-state index is 13.3. The van der Waals surface area contributed by atoms with Gasteiger partial charge in [0, 0.05) is 12.6 Å². The number of primary amides is 1. The van der Waals surface area contributed by atoms with Crippen LogP contribution >= 0.6 is 0 Å². The van der Waals surface area contributed by atoms with Crippen LogP contribution in [0, 0.1) is 5.82 Å². The lowest BCUT2D eigenvalue weighted by molar-refractivity contribution is 0.100. The molecule has 0 fully saturated rings. The van der Waals surface area contributed by atoms with Gasteiger partial charge >= 0.3 is 5.76 Å². The molecule has 12 nitrogen and oxygen atoms in total. The van der Waals surface area contributed by atoms with Crippen LogP contribution in [0.2, 0.25) is 0 Å². The van der Waals surface area contributed by atoms with Crippen LogP contribution in [0.4, 0.5) is 30.6 Å². The summed E-state index contributed by atoms with van der Waals surface area (Å²) in [5, 5.41) is 13.5. The van der Waals surface area contributed by atoms with Gasteiger partial charge in [0.25, 0.3) is 15.9 Å². The number of aryl methyl sites for hydroxylation is 1. The first-order valence-electron chi connectivity index (χ1n) is 10.8. The van der Waals surface area contributed by atoms with Crippen molar-refractivity contribution >= 4 is 33.4 Å². The number of aromatic amines is 1. The summed E-state index contributed by atoms with van der Waals surface area (Å²) >= 11 is 0. The Morgan fingerprint density at radius 3 is 2.50 bits per heavy atom. The Balaban J connectivity index is 1.75. The number of sulfonamides is 1. The van der Waals surface area contributed by atoms with E-state index in [-0.39, 0.29) is 40.0 Å². The molecule has 200 valence electrons. The van der Waals surface area contributed by atoms with E-state index in [0.29, 0.717) is 5.56 Å². The molecule has 38 heavy (non-hydrogen) atoms. The molecule has 0 aliphatic heterocycles. The zero-order valence-electron chi connectivity index (χ0n) is 19.8. The predicted molar refractivity (Wildman–Crippen MR) is 131 cm³/mol. The van der Waals surface area contributed by atoms with Crippen LogP contribution in [-0.4, -0.2) is 45.0 Å². The molecule has 1 atom stereocenters. The molecule has 0 aliphatic carbocycles. The number of benzene rings is 2. The van der Waals surface area contributed by atoms with Crippen LogP contribution in [0.3, 0.4) is 0 Å². The maximum Gasteiger partial charge on any atom is 0.355 e. The minimum Gasteiger partial charge on any atom is -0.484 e. The Kier molecular flexibility index (Phi) is 7.25. The predicted octanol–water partition coefficient (Wildman–Crippen LogP) is 3.29. The second-order valence-electron chi connectivity index (χ2n) is 7.98. The van der Waals surface area contributed by atoms with Gasteiger partial charge < -0.3 is 15.8 Å². The average Bonchev–Trinajstić information content (AvgIpc) is 3.46. The third-order valence-corrected chi connectivity index (χ3v) is 6.22. The van der Waals surface area contributed by atoms with Crippen molar-refractivity contribution in [3.63, 3.8) is 0 Å². The van der Waals surface area contributed by atoms with Crippen molar-refractivity contribution in [2.45, 2.75) is 18.8 Å². The highest BCUT2D eigenvalue weighted by Gasteiger charge is 2.27. The van der Waals surface area contributed by atoms with Crippen molar-refractivity contribution in [3.05, 3.63) is 65.7 Å². The first-order valence-corrected chi connectivity index (χ1v) is 12.4. The first kappa shape index (κ1) is 26.5. The first-order chi connectivity index (χ1) is 17.9. The summed E-state index contributed by atoms with van der Waals surface area (Å²) in [6.45, 7) is 1.60. The molecule has 0 spiro atoms. The molecule has 4 rings (SSSR count). The van der Waals surface area contributed by atoms with Gasteiger partial charge in [-0.1, -0.05) is 18.2 Å². The van der Waals surface area contributed by atoms with E-state index in [0.717, 1.165) is 0 Å². The lowest BCUT2D eigenvalue weighted by atomic mass is 10.1. The minimum atomic E-state index is -5.04. The van der Waals surface area contributed by atoms with E-state index >= 15 is 0 Å². The molecule has 0 aliphatic rings. The van der Waals surface area contributed by atoms with E-state index in [4.69, 9.17) is 10.5 Å². The van der Waals surface area contributed by atoms with E-state index in [1.165, 1.54) is 53.5 Å². The summed E-state index contributed by atoms with van der Waals surface area (Å²) in [4.78, 5) is 16.3. The molecule has 1 amide bonds. The van der Waals surface area contributed by atoms with Gasteiger partial charge in [0.2, 0.25) is 5.95 Å². The summed E-state index contributed by atoms with van der Waals surface area (Å²) in [6.07, 6.45) is 0.663. The van der Waals surface area contributed by atoms with E-state index in [1.54, 1.807) is 18.7 Å². The SMILES string of the molecule is CC(Oc1cc(-c2[nH]nc(Nc3ncn(C)n3)c2C(N)=O)ccc1NS(=O)(=O)C(F)F)c1ccc(F)cc1. The normalized spacial score (nSPS) is 12.4. The van der Waals surface area contributed by atoms with Gasteiger partial charge in [0.05, 0.1) is 11.4 Å². The van der Waals surface area contributed by atoms with Gasteiger partial charge in [-0.3, -0.25) is 19.3 Å². The molecule has 2 aromatic heterocycles. The monoisotopic (exact) mass is 550 g/mol. The van der Waals surface area contributed by atoms with Crippen molar-refractivity contribution in [1.82, 2.24) is 25.0 Å². The average molecular weight is 551 g/mol. The second kappa shape index (κ2) is 10.4. The number of hydrogen-bond acceptors (Lipinski definition) is 8. The van der Waals surface area contributed by atoms with Crippen molar-refractivity contribution in [2.24, 2.45) is 12.8 Å². The molecule has 0 bridgehead atoms. The molecule has 4 aromatic rings. The lowest BCUT2D eigenvalue weighted by Crippen LogP contribution is -2.21. The van der Waals surface area contributed by atoms with Gasteiger partial charge in [-0.2, -0.15) is 13.9 Å². The Morgan fingerprint density at radius 1 is 1.18 bits per heavy atom. The quantitative estimate of drug-likeness (QED) is 0.233. The number of aromatic nitrogens is 5. The highest BCUT2D eigenvalue weighted by Crippen LogP contribution is 2.37. The van der Waals surface area contributed by atoms with Crippen molar-refractivity contribution in [3.8, 4) is 17.0 Å². The standard InChI is InChI=1S/C22H21F3N8O4S/c1-11(12-3-6-14(23)7-4-12)37-16-9-13(5-8-15(16)32-38(35,36)21(24)25)18-17(19(26)34)20(30-29-18)28-22-27-10-33(2)31-22/h3-11,21,32H,1-2H3,(H2,26,34)(H2,28,29,30,31). The molecule has 5 N–H and O–H groups in total. The summed E-state index contributed by atoms with van der Waals surface area (Å²) < 4.78 is 72.3. The number of amides is 1. The molecule has 1 unspecified atom stereocenters. The number of hydrogen-bond donors (Lipinski definition) is 4. The molecule has 0 radical (unpaired) electrons. The number of ether oxygens (including phenoxy) is 1. The smallest absolute Gasteiger partial charge is 0.355 e. The van der Waals surface area contributed by atoms with Crippen LogP contribution < -0.4 is 20.5 Å². The van der Waals surface area contributed by atoms with Crippen molar-refractivity contribution in [1.29, 1.82) is 0 Å². The number of nitrogens with zero attached hydrogens (tertiary/aromatic N) is 4. The van der Waals surface area contributed by atoms with E-state index in [2.05, 4.69) is 25.6 Å². The molecule has 0 saturated carbocycles. The number of alkyl halides is 2. The van der Waals surface area contributed by atoms with Crippen LogP contribution in [0.15, 0.2) is 48.8 Å². The molecular formula is C22H21F3N8O4S. The van der Waals surface area contributed by atoms with E-state index in [9.17, 15) is 26.4 Å². The fourth-order valence-corrected chi connectivity index (χ4v) is 4.00. The second-order valence-corrected chi connectivity index (χ2v) is 9.63. The number of nitrogens with two attached hydrogens (primary N) is 1. The number of rotatable bonds is 10. The Hall–Kier alpha value is -4.60. The number of anilines is 3. The summed E-state index contributed by atoms with van der Waals surface area (Å²) in [5.74, 6) is -5.04. The van der Waals surface area contributed by atoms with Crippen molar-refractivity contribution < 1.29 is 31.1 Å². The Morgan fingerprint density at radius 2 is 1.89 bits per heavy atom. The van der Waals surface area contributed by atoms with Gasteiger partial charge in [-0.15, -0.1) is 5.10 Å². The number of nitrogens with one attached hydrogen (secondary N) is 3. The fraction of sp³-hybridized carbons (Fsp3) is 0.182. The van der Waals surface area contributed by atoms with Gasteiger partial charge in [-0.05, 0) is 36.8 Å². The summed E-state index contributed by atoms with van der Waals surface area (Å²) in [7, 11) is -3.40. The van der Waals surface area contributed by atoms with Gasteiger partial charge in [0.15, 0.2) is 5.82 Å². The number of carbonyl (C=O) groups excluding carboxylic acids is 1. The summed E-state index contributed by atoms with van der Waals surface area (Å²) in [5.41, 5.74) is 6.13. The largest absolute Gasteiger partial charge is 0.484 e. The summed E-state index contributed by atoms with van der Waals surface area (Å²) in [6, 6.07) is 9.17. The fourth-order valence-electron chi connectivity index (χ4n) is 3.43. The van der Waals surface area contributed by atoms with Crippen LogP contribution in [-0.2, 0) is 17.1 Å². The van der Waals surface area contributed by atoms with Crippen LogP contribution in [0.5, 0.6) is 5.75 Å². The highest BCUT2D eigenvalue weighted by molar-refractivity contribution is 7.93. The molecule has 16 heteroatoms.